The molecule has 4 rings (SSSR count). The van der Waals surface area contributed by atoms with Gasteiger partial charge in [0, 0.05) is 30.1 Å². The van der Waals surface area contributed by atoms with E-state index in [1.54, 1.807) is 29.2 Å². The first-order chi connectivity index (χ1) is 14.6. The van der Waals surface area contributed by atoms with E-state index in [1.165, 1.54) is 0 Å². The Labute approximate surface area is 174 Å². The third-order valence-electron chi connectivity index (χ3n) is 5.51. The van der Waals surface area contributed by atoms with Gasteiger partial charge in [-0.25, -0.2) is 0 Å². The fourth-order valence-corrected chi connectivity index (χ4v) is 3.81. The molecule has 6 nitrogen and oxygen atoms in total. The zero-order valence-electron chi connectivity index (χ0n) is 16.5. The molecule has 30 heavy (non-hydrogen) atoms. The second-order valence-electron chi connectivity index (χ2n) is 7.40. The van der Waals surface area contributed by atoms with Crippen LogP contribution in [0.4, 0.5) is 0 Å². The highest BCUT2D eigenvalue weighted by Gasteiger charge is 2.28. The van der Waals surface area contributed by atoms with Crippen LogP contribution in [0.5, 0.6) is 0 Å². The average Bonchev–Trinajstić information content (AvgIpc) is 2.82. The first-order valence-corrected chi connectivity index (χ1v) is 10.1. The Bertz CT molecular complexity index is 1070. The molecule has 2 N–H and O–H groups in total. The number of hydrazine groups is 1. The SMILES string of the molecule is O=C(NNC(=O)C1CCN(C(=O)c2cccc3ccccc23)CC1)c1ccccc1. The second kappa shape index (κ2) is 8.78. The van der Waals surface area contributed by atoms with Crippen molar-refractivity contribution in [1.82, 2.24) is 15.8 Å². The minimum absolute atomic E-state index is 0.0111. The minimum atomic E-state index is -0.354. The summed E-state index contributed by atoms with van der Waals surface area (Å²) in [5.41, 5.74) is 6.13. The topological polar surface area (TPSA) is 78.5 Å². The molecule has 0 aliphatic carbocycles. The molecule has 1 aliphatic heterocycles. The summed E-state index contributed by atoms with van der Waals surface area (Å²) in [6.45, 7) is 1.01. The molecule has 1 heterocycles. The number of likely N-dealkylation sites (tertiary alicyclic amines) is 1. The molecule has 152 valence electrons. The number of hydrogen-bond acceptors (Lipinski definition) is 3. The lowest BCUT2D eigenvalue weighted by atomic mass is 9.95. The normalized spacial score (nSPS) is 14.3. The molecule has 3 amide bonds. The van der Waals surface area contributed by atoms with Gasteiger partial charge in [-0.1, -0.05) is 54.6 Å². The Morgan fingerprint density at radius 3 is 2.20 bits per heavy atom. The molecule has 0 bridgehead atoms. The summed E-state index contributed by atoms with van der Waals surface area (Å²) in [5.74, 6) is -0.829. The van der Waals surface area contributed by atoms with Gasteiger partial charge in [-0.05, 0) is 41.8 Å². The Hall–Kier alpha value is -3.67. The molecule has 3 aromatic carbocycles. The van der Waals surface area contributed by atoms with Gasteiger partial charge >= 0.3 is 0 Å². The molecule has 6 heteroatoms. The van der Waals surface area contributed by atoms with Crippen molar-refractivity contribution in [3.63, 3.8) is 0 Å². The first-order valence-electron chi connectivity index (χ1n) is 10.1. The molecule has 0 radical (unpaired) electrons. The Balaban J connectivity index is 1.32. The van der Waals surface area contributed by atoms with E-state index in [1.807, 2.05) is 48.5 Å². The highest BCUT2D eigenvalue weighted by atomic mass is 16.2. The lowest BCUT2D eigenvalue weighted by molar-refractivity contribution is -0.127. The van der Waals surface area contributed by atoms with Crippen LogP contribution >= 0.6 is 0 Å². The molecule has 0 unspecified atom stereocenters. The molecule has 0 atom stereocenters. The van der Waals surface area contributed by atoms with Crippen LogP contribution in [0.1, 0.15) is 33.6 Å². The van der Waals surface area contributed by atoms with E-state index < -0.39 is 0 Å². The predicted molar refractivity (Wildman–Crippen MR) is 115 cm³/mol. The largest absolute Gasteiger partial charge is 0.339 e. The molecule has 1 aliphatic rings. The maximum atomic E-state index is 13.0. The van der Waals surface area contributed by atoms with Crippen LogP contribution < -0.4 is 10.9 Å². The standard InChI is InChI=1S/C24H23N3O3/c28-22(18-8-2-1-3-9-18)25-26-23(29)19-13-15-27(16-14-19)24(30)21-12-6-10-17-7-4-5-11-20(17)21/h1-12,19H,13-16H2,(H,25,28)(H,26,29). The van der Waals surface area contributed by atoms with E-state index in [4.69, 9.17) is 0 Å². The first kappa shape index (κ1) is 19.6. The molecule has 1 fully saturated rings. The Morgan fingerprint density at radius 1 is 0.767 bits per heavy atom. The summed E-state index contributed by atoms with van der Waals surface area (Å²) in [7, 11) is 0. The number of fused-ring (bicyclic) bond motifs is 1. The van der Waals surface area contributed by atoms with Crippen molar-refractivity contribution in [3.8, 4) is 0 Å². The number of carbonyl (C=O) groups excluding carboxylic acids is 3. The van der Waals surface area contributed by atoms with Crippen LogP contribution in [0, 0.1) is 5.92 Å². The number of amides is 3. The van der Waals surface area contributed by atoms with Gasteiger partial charge in [0.1, 0.15) is 0 Å². The number of nitrogens with zero attached hydrogens (tertiary/aromatic N) is 1. The number of carbonyl (C=O) groups is 3. The van der Waals surface area contributed by atoms with E-state index in [9.17, 15) is 14.4 Å². The number of piperidine rings is 1. The van der Waals surface area contributed by atoms with Gasteiger partial charge in [0.15, 0.2) is 0 Å². The van der Waals surface area contributed by atoms with Crippen molar-refractivity contribution in [2.24, 2.45) is 5.92 Å². The van der Waals surface area contributed by atoms with Gasteiger partial charge < -0.3 is 4.90 Å². The van der Waals surface area contributed by atoms with Gasteiger partial charge in [0.05, 0.1) is 0 Å². The molecule has 0 aromatic heterocycles. The molecular formula is C24H23N3O3. The van der Waals surface area contributed by atoms with Crippen molar-refractivity contribution in [3.05, 3.63) is 83.9 Å². The lowest BCUT2D eigenvalue weighted by Gasteiger charge is -2.31. The van der Waals surface area contributed by atoms with Gasteiger partial charge in [-0.2, -0.15) is 0 Å². The van der Waals surface area contributed by atoms with Crippen molar-refractivity contribution in [1.29, 1.82) is 0 Å². The quantitative estimate of drug-likeness (QED) is 0.662. The fraction of sp³-hybridized carbons (Fsp3) is 0.208. The highest BCUT2D eigenvalue weighted by Crippen LogP contribution is 2.23. The smallest absolute Gasteiger partial charge is 0.269 e. The monoisotopic (exact) mass is 401 g/mol. The summed E-state index contributed by atoms with van der Waals surface area (Å²) in [5, 5.41) is 1.97. The van der Waals surface area contributed by atoms with Gasteiger partial charge in [0.25, 0.3) is 11.8 Å². The van der Waals surface area contributed by atoms with Gasteiger partial charge in [-0.15, -0.1) is 0 Å². The molecule has 0 saturated carbocycles. The number of hydrogen-bond donors (Lipinski definition) is 2. The molecule has 3 aromatic rings. The van der Waals surface area contributed by atoms with Crippen molar-refractivity contribution < 1.29 is 14.4 Å². The number of nitrogens with one attached hydrogen (secondary N) is 2. The predicted octanol–water partition coefficient (Wildman–Crippen LogP) is 3.15. The Morgan fingerprint density at radius 2 is 1.43 bits per heavy atom. The van der Waals surface area contributed by atoms with E-state index in [0.29, 0.717) is 37.1 Å². The molecule has 1 saturated heterocycles. The van der Waals surface area contributed by atoms with E-state index >= 15 is 0 Å². The third kappa shape index (κ3) is 4.17. The summed E-state index contributed by atoms with van der Waals surface area (Å²) in [6, 6.07) is 22.3. The van der Waals surface area contributed by atoms with Crippen LogP contribution in [-0.2, 0) is 4.79 Å². The fourth-order valence-electron chi connectivity index (χ4n) is 3.81. The summed E-state index contributed by atoms with van der Waals surface area (Å²) >= 11 is 0. The summed E-state index contributed by atoms with van der Waals surface area (Å²) < 4.78 is 0. The summed E-state index contributed by atoms with van der Waals surface area (Å²) in [4.78, 5) is 39.3. The zero-order valence-corrected chi connectivity index (χ0v) is 16.5. The summed E-state index contributed by atoms with van der Waals surface area (Å²) in [6.07, 6.45) is 1.12. The van der Waals surface area contributed by atoms with Crippen molar-refractivity contribution in [2.75, 3.05) is 13.1 Å². The minimum Gasteiger partial charge on any atom is -0.339 e. The molecular weight excluding hydrogens is 378 g/mol. The number of benzene rings is 3. The maximum absolute atomic E-state index is 13.0. The third-order valence-corrected chi connectivity index (χ3v) is 5.51. The number of rotatable bonds is 3. The van der Waals surface area contributed by atoms with Crippen molar-refractivity contribution in [2.45, 2.75) is 12.8 Å². The van der Waals surface area contributed by atoms with Crippen LogP contribution in [0.25, 0.3) is 10.8 Å². The van der Waals surface area contributed by atoms with Crippen LogP contribution in [0.3, 0.4) is 0 Å². The van der Waals surface area contributed by atoms with Crippen LogP contribution in [0.2, 0.25) is 0 Å². The second-order valence-corrected chi connectivity index (χ2v) is 7.40. The van der Waals surface area contributed by atoms with Gasteiger partial charge in [-0.3, -0.25) is 25.2 Å². The lowest BCUT2D eigenvalue weighted by Crippen LogP contribution is -2.48. The Kier molecular flexibility index (Phi) is 5.75. The maximum Gasteiger partial charge on any atom is 0.269 e. The van der Waals surface area contributed by atoms with Crippen LogP contribution in [-0.4, -0.2) is 35.7 Å². The van der Waals surface area contributed by atoms with Crippen LogP contribution in [0.15, 0.2) is 72.8 Å². The van der Waals surface area contributed by atoms with E-state index in [0.717, 1.165) is 10.8 Å². The average molecular weight is 401 g/mol. The molecule has 0 spiro atoms. The van der Waals surface area contributed by atoms with Crippen molar-refractivity contribution >= 4 is 28.5 Å². The van der Waals surface area contributed by atoms with Gasteiger partial charge in [0.2, 0.25) is 5.91 Å². The van der Waals surface area contributed by atoms with E-state index in [2.05, 4.69) is 10.9 Å². The van der Waals surface area contributed by atoms with E-state index in [-0.39, 0.29) is 23.6 Å². The zero-order chi connectivity index (χ0) is 20.9. The highest BCUT2D eigenvalue weighted by molar-refractivity contribution is 6.07.